The number of carbonyl (C=O) groups is 1. The third-order valence-corrected chi connectivity index (χ3v) is 3.81. The molecule has 2 aromatic carbocycles. The Labute approximate surface area is 130 Å². The molecule has 2 rings (SSSR count). The fourth-order valence-corrected chi connectivity index (χ4v) is 2.51. The molecule has 110 valence electrons. The van der Waals surface area contributed by atoms with Crippen LogP contribution in [0.15, 0.2) is 34.8 Å². The maximum atomic E-state index is 13.5. The van der Waals surface area contributed by atoms with E-state index >= 15 is 0 Å². The highest BCUT2D eigenvalue weighted by Gasteiger charge is 2.11. The second-order valence-corrected chi connectivity index (χ2v) is 5.70. The highest BCUT2D eigenvalue weighted by atomic mass is 79.9. The van der Waals surface area contributed by atoms with Crippen LogP contribution in [0.3, 0.4) is 0 Å². The molecule has 2 nitrogen and oxygen atoms in total. The molecule has 0 aliphatic rings. The number of aryl methyl sites for hydroxylation is 2. The van der Waals surface area contributed by atoms with Gasteiger partial charge in [0.2, 0.25) is 0 Å². The SMILES string of the molecule is Cc1cc(CNC(=O)c2cc(F)ccc2Br)cc(C)c1F. The third-order valence-electron chi connectivity index (χ3n) is 3.12. The molecule has 1 amide bonds. The van der Waals surface area contributed by atoms with Crippen molar-refractivity contribution in [3.05, 3.63) is 68.7 Å². The maximum Gasteiger partial charge on any atom is 0.252 e. The molecule has 0 aromatic heterocycles. The molecule has 0 bridgehead atoms. The fraction of sp³-hybridized carbons (Fsp3) is 0.188. The molecule has 0 unspecified atom stereocenters. The summed E-state index contributed by atoms with van der Waals surface area (Å²) in [6, 6.07) is 7.29. The Balaban J connectivity index is 2.13. The standard InChI is InChI=1S/C16H14BrF2NO/c1-9-5-11(6-10(2)15(9)19)8-20-16(21)13-7-12(18)3-4-14(13)17/h3-7H,8H2,1-2H3,(H,20,21). The summed E-state index contributed by atoms with van der Waals surface area (Å²) >= 11 is 3.21. The molecule has 0 saturated heterocycles. The smallest absolute Gasteiger partial charge is 0.252 e. The zero-order valence-corrected chi connectivity index (χ0v) is 13.2. The average molecular weight is 354 g/mol. The normalized spacial score (nSPS) is 10.5. The molecule has 0 heterocycles. The first kappa shape index (κ1) is 15.6. The van der Waals surface area contributed by atoms with Crippen molar-refractivity contribution < 1.29 is 13.6 Å². The average Bonchev–Trinajstić information content (AvgIpc) is 2.44. The van der Waals surface area contributed by atoms with Gasteiger partial charge in [0, 0.05) is 11.0 Å². The Morgan fingerprint density at radius 1 is 1.14 bits per heavy atom. The van der Waals surface area contributed by atoms with Gasteiger partial charge in [-0.15, -0.1) is 0 Å². The quantitative estimate of drug-likeness (QED) is 0.876. The summed E-state index contributed by atoms with van der Waals surface area (Å²) in [5, 5.41) is 2.70. The molecule has 0 atom stereocenters. The van der Waals surface area contributed by atoms with Gasteiger partial charge in [0.05, 0.1) is 5.56 Å². The zero-order chi connectivity index (χ0) is 15.6. The monoisotopic (exact) mass is 353 g/mol. The van der Waals surface area contributed by atoms with Crippen molar-refractivity contribution in [3.8, 4) is 0 Å². The van der Waals surface area contributed by atoms with Crippen LogP contribution in [0.5, 0.6) is 0 Å². The Morgan fingerprint density at radius 2 is 1.76 bits per heavy atom. The lowest BCUT2D eigenvalue weighted by atomic mass is 10.1. The van der Waals surface area contributed by atoms with Crippen molar-refractivity contribution in [1.29, 1.82) is 0 Å². The van der Waals surface area contributed by atoms with Crippen LogP contribution in [0.4, 0.5) is 8.78 Å². The number of amides is 1. The van der Waals surface area contributed by atoms with E-state index in [4.69, 9.17) is 0 Å². The van der Waals surface area contributed by atoms with Gasteiger partial charge >= 0.3 is 0 Å². The van der Waals surface area contributed by atoms with Crippen molar-refractivity contribution in [2.24, 2.45) is 0 Å². The van der Waals surface area contributed by atoms with E-state index in [1.807, 2.05) is 0 Å². The Bertz CT molecular complexity index is 678. The second kappa shape index (κ2) is 6.35. The number of nitrogens with one attached hydrogen (secondary N) is 1. The fourth-order valence-electron chi connectivity index (χ4n) is 2.09. The van der Waals surface area contributed by atoms with Gasteiger partial charge in [0.25, 0.3) is 5.91 Å². The summed E-state index contributed by atoms with van der Waals surface area (Å²) in [4.78, 5) is 12.0. The summed E-state index contributed by atoms with van der Waals surface area (Å²) in [5.41, 5.74) is 2.09. The number of carbonyl (C=O) groups excluding carboxylic acids is 1. The molecule has 2 aromatic rings. The Hall–Kier alpha value is -1.75. The van der Waals surface area contributed by atoms with Crippen LogP contribution in [0.2, 0.25) is 0 Å². The predicted octanol–water partition coefficient (Wildman–Crippen LogP) is 4.27. The van der Waals surface area contributed by atoms with Crippen molar-refractivity contribution in [1.82, 2.24) is 5.32 Å². The Kier molecular flexibility index (Phi) is 4.73. The van der Waals surface area contributed by atoms with Crippen molar-refractivity contribution >= 4 is 21.8 Å². The molecule has 1 N–H and O–H groups in total. The van der Waals surface area contributed by atoms with Crippen LogP contribution in [-0.2, 0) is 6.54 Å². The van der Waals surface area contributed by atoms with Crippen LogP contribution in [0.25, 0.3) is 0 Å². The van der Waals surface area contributed by atoms with Gasteiger partial charge in [-0.3, -0.25) is 4.79 Å². The first-order valence-corrected chi connectivity index (χ1v) is 7.16. The molecule has 0 aliphatic carbocycles. The molecule has 0 spiro atoms. The summed E-state index contributed by atoms with van der Waals surface area (Å²) in [5.74, 6) is -1.10. The van der Waals surface area contributed by atoms with Crippen molar-refractivity contribution in [3.63, 3.8) is 0 Å². The van der Waals surface area contributed by atoms with Crippen LogP contribution in [-0.4, -0.2) is 5.91 Å². The minimum atomic E-state index is -0.475. The van der Waals surface area contributed by atoms with E-state index in [0.29, 0.717) is 15.6 Å². The molecule has 21 heavy (non-hydrogen) atoms. The minimum absolute atomic E-state index is 0.227. The van der Waals surface area contributed by atoms with Gasteiger partial charge in [0.1, 0.15) is 11.6 Å². The van der Waals surface area contributed by atoms with Crippen molar-refractivity contribution in [2.75, 3.05) is 0 Å². The van der Waals surface area contributed by atoms with Gasteiger partial charge < -0.3 is 5.32 Å². The summed E-state index contributed by atoms with van der Waals surface area (Å²) in [7, 11) is 0. The number of rotatable bonds is 3. The van der Waals surface area contributed by atoms with Crippen LogP contribution in [0.1, 0.15) is 27.0 Å². The summed E-state index contributed by atoms with van der Waals surface area (Å²) in [6.07, 6.45) is 0. The zero-order valence-electron chi connectivity index (χ0n) is 11.6. The van der Waals surface area contributed by atoms with E-state index in [1.165, 1.54) is 18.2 Å². The highest BCUT2D eigenvalue weighted by Crippen LogP contribution is 2.18. The molecule has 0 radical (unpaired) electrons. The van der Waals surface area contributed by atoms with E-state index in [2.05, 4.69) is 21.2 Å². The third kappa shape index (κ3) is 3.67. The number of hydrogen-bond acceptors (Lipinski definition) is 1. The van der Waals surface area contributed by atoms with E-state index in [0.717, 1.165) is 5.56 Å². The van der Waals surface area contributed by atoms with Crippen molar-refractivity contribution in [2.45, 2.75) is 20.4 Å². The van der Waals surface area contributed by atoms with Gasteiger partial charge in [-0.05, 0) is 64.7 Å². The lowest BCUT2D eigenvalue weighted by Crippen LogP contribution is -2.23. The van der Waals surface area contributed by atoms with Gasteiger partial charge in [-0.2, -0.15) is 0 Å². The van der Waals surface area contributed by atoms with E-state index in [9.17, 15) is 13.6 Å². The van der Waals surface area contributed by atoms with Gasteiger partial charge in [-0.1, -0.05) is 12.1 Å². The van der Waals surface area contributed by atoms with E-state index in [1.54, 1.807) is 26.0 Å². The van der Waals surface area contributed by atoms with E-state index in [-0.39, 0.29) is 23.8 Å². The Morgan fingerprint density at radius 3 is 2.38 bits per heavy atom. The predicted molar refractivity (Wildman–Crippen MR) is 81.1 cm³/mol. The molecule has 0 aliphatic heterocycles. The first-order valence-electron chi connectivity index (χ1n) is 6.37. The lowest BCUT2D eigenvalue weighted by molar-refractivity contribution is 0.0949. The summed E-state index contributed by atoms with van der Waals surface area (Å²) in [6.45, 7) is 3.61. The number of hydrogen-bond donors (Lipinski definition) is 1. The topological polar surface area (TPSA) is 29.1 Å². The molecular formula is C16H14BrF2NO. The largest absolute Gasteiger partial charge is 0.348 e. The van der Waals surface area contributed by atoms with E-state index < -0.39 is 5.82 Å². The highest BCUT2D eigenvalue weighted by molar-refractivity contribution is 9.10. The lowest BCUT2D eigenvalue weighted by Gasteiger charge is -2.09. The van der Waals surface area contributed by atoms with Crippen LogP contribution < -0.4 is 5.32 Å². The van der Waals surface area contributed by atoms with Gasteiger partial charge in [-0.25, -0.2) is 8.78 Å². The number of halogens is 3. The first-order chi connectivity index (χ1) is 9.88. The second-order valence-electron chi connectivity index (χ2n) is 4.85. The van der Waals surface area contributed by atoms with Crippen LogP contribution >= 0.6 is 15.9 Å². The number of benzene rings is 2. The molecular weight excluding hydrogens is 340 g/mol. The van der Waals surface area contributed by atoms with Crippen LogP contribution in [0, 0.1) is 25.5 Å². The maximum absolute atomic E-state index is 13.5. The molecule has 0 fully saturated rings. The molecule has 0 saturated carbocycles. The minimum Gasteiger partial charge on any atom is -0.348 e. The summed E-state index contributed by atoms with van der Waals surface area (Å²) < 4.78 is 27.2. The molecule has 5 heteroatoms. The van der Waals surface area contributed by atoms with Gasteiger partial charge in [0.15, 0.2) is 0 Å².